The molecule has 19 heavy (non-hydrogen) atoms. The first-order valence-corrected chi connectivity index (χ1v) is 5.73. The topological polar surface area (TPSA) is 73.6 Å². The molecule has 0 bridgehead atoms. The predicted octanol–water partition coefficient (Wildman–Crippen LogP) is 2.68. The number of halogens is 1. The minimum absolute atomic E-state index is 0.313. The van der Waals surface area contributed by atoms with Gasteiger partial charge in [-0.25, -0.2) is 14.4 Å². The molecule has 2 aromatic rings. The molecule has 6 heteroatoms. The van der Waals surface area contributed by atoms with Gasteiger partial charge in [-0.05, 0) is 18.2 Å². The molecule has 0 unspecified atom stereocenters. The number of aromatic nitrogens is 2. The van der Waals surface area contributed by atoms with Gasteiger partial charge in [-0.1, -0.05) is 6.07 Å². The van der Waals surface area contributed by atoms with Gasteiger partial charge in [0.15, 0.2) is 0 Å². The SMILES string of the molecule is N#CCCNc1cc(Nc2cccc(F)c2)ncn1. The largest absolute Gasteiger partial charge is 0.369 e. The van der Waals surface area contributed by atoms with Crippen LogP contribution in [0.2, 0.25) is 0 Å². The van der Waals surface area contributed by atoms with E-state index in [4.69, 9.17) is 5.26 Å². The molecule has 0 saturated carbocycles. The van der Waals surface area contributed by atoms with E-state index in [1.54, 1.807) is 18.2 Å². The lowest BCUT2D eigenvalue weighted by Gasteiger charge is -2.07. The van der Waals surface area contributed by atoms with Gasteiger partial charge in [-0.2, -0.15) is 5.26 Å². The second kappa shape index (κ2) is 6.31. The monoisotopic (exact) mass is 257 g/mol. The van der Waals surface area contributed by atoms with Crippen LogP contribution in [0.5, 0.6) is 0 Å². The Kier molecular flexibility index (Phi) is 4.24. The maximum atomic E-state index is 13.0. The van der Waals surface area contributed by atoms with Crippen LogP contribution in [0.4, 0.5) is 21.7 Å². The predicted molar refractivity (Wildman–Crippen MR) is 70.4 cm³/mol. The molecule has 5 nitrogen and oxygen atoms in total. The van der Waals surface area contributed by atoms with Gasteiger partial charge in [0, 0.05) is 18.3 Å². The highest BCUT2D eigenvalue weighted by Gasteiger charge is 2.00. The minimum atomic E-state index is -0.313. The summed E-state index contributed by atoms with van der Waals surface area (Å²) in [6, 6.07) is 9.85. The van der Waals surface area contributed by atoms with Crippen LogP contribution in [0.3, 0.4) is 0 Å². The van der Waals surface area contributed by atoms with E-state index >= 15 is 0 Å². The van der Waals surface area contributed by atoms with Crippen molar-refractivity contribution in [1.29, 1.82) is 5.26 Å². The van der Waals surface area contributed by atoms with Crippen molar-refractivity contribution in [2.75, 3.05) is 17.2 Å². The van der Waals surface area contributed by atoms with Crippen LogP contribution in [0, 0.1) is 17.1 Å². The van der Waals surface area contributed by atoms with Crippen molar-refractivity contribution in [2.24, 2.45) is 0 Å². The quantitative estimate of drug-likeness (QED) is 0.805. The molecule has 0 amide bonds. The summed E-state index contributed by atoms with van der Waals surface area (Å²) in [6.07, 6.45) is 1.80. The number of anilines is 3. The third-order valence-corrected chi connectivity index (χ3v) is 2.31. The van der Waals surface area contributed by atoms with Crippen molar-refractivity contribution < 1.29 is 4.39 Å². The third-order valence-electron chi connectivity index (χ3n) is 2.31. The number of nitriles is 1. The summed E-state index contributed by atoms with van der Waals surface area (Å²) in [6.45, 7) is 0.521. The van der Waals surface area contributed by atoms with Crippen LogP contribution in [0.1, 0.15) is 6.42 Å². The highest BCUT2D eigenvalue weighted by Crippen LogP contribution is 2.16. The van der Waals surface area contributed by atoms with E-state index in [9.17, 15) is 4.39 Å². The third kappa shape index (κ3) is 3.92. The lowest BCUT2D eigenvalue weighted by Crippen LogP contribution is -2.04. The van der Waals surface area contributed by atoms with Gasteiger partial charge >= 0.3 is 0 Å². The Hall–Kier alpha value is -2.68. The second-order valence-electron chi connectivity index (χ2n) is 3.76. The van der Waals surface area contributed by atoms with E-state index in [-0.39, 0.29) is 5.82 Å². The highest BCUT2D eigenvalue weighted by molar-refractivity contribution is 5.58. The van der Waals surface area contributed by atoms with Crippen LogP contribution in [-0.4, -0.2) is 16.5 Å². The van der Waals surface area contributed by atoms with Crippen molar-refractivity contribution in [1.82, 2.24) is 9.97 Å². The molecular formula is C13H12FN5. The van der Waals surface area contributed by atoms with Crippen molar-refractivity contribution in [2.45, 2.75) is 6.42 Å². The summed E-state index contributed by atoms with van der Waals surface area (Å²) in [5.41, 5.74) is 0.613. The molecular weight excluding hydrogens is 245 g/mol. The summed E-state index contributed by atoms with van der Waals surface area (Å²) < 4.78 is 13.0. The molecule has 0 spiro atoms. The first-order valence-electron chi connectivity index (χ1n) is 5.73. The van der Waals surface area contributed by atoms with Gasteiger partial charge in [-0.15, -0.1) is 0 Å². The zero-order chi connectivity index (χ0) is 13.5. The summed E-state index contributed by atoms with van der Waals surface area (Å²) >= 11 is 0. The van der Waals surface area contributed by atoms with Gasteiger partial charge in [0.1, 0.15) is 23.8 Å². The molecule has 1 heterocycles. The van der Waals surface area contributed by atoms with Gasteiger partial charge < -0.3 is 10.6 Å². The summed E-state index contributed by atoms with van der Waals surface area (Å²) in [5.74, 6) is 0.857. The van der Waals surface area contributed by atoms with Crippen molar-refractivity contribution in [3.8, 4) is 6.07 Å². The molecule has 96 valence electrons. The number of rotatable bonds is 5. The Balaban J connectivity index is 2.04. The molecule has 0 atom stereocenters. The van der Waals surface area contributed by atoms with Crippen LogP contribution >= 0.6 is 0 Å². The van der Waals surface area contributed by atoms with Gasteiger partial charge in [0.25, 0.3) is 0 Å². The number of nitrogens with zero attached hydrogens (tertiary/aromatic N) is 3. The van der Waals surface area contributed by atoms with Crippen LogP contribution in [0.15, 0.2) is 36.7 Å². The Morgan fingerprint density at radius 1 is 1.21 bits per heavy atom. The Bertz CT molecular complexity index is 594. The fraction of sp³-hybridized carbons (Fsp3) is 0.154. The second-order valence-corrected chi connectivity index (χ2v) is 3.76. The average molecular weight is 257 g/mol. The Morgan fingerprint density at radius 2 is 2.05 bits per heavy atom. The molecule has 2 N–H and O–H groups in total. The van der Waals surface area contributed by atoms with E-state index in [1.807, 2.05) is 6.07 Å². The lowest BCUT2D eigenvalue weighted by atomic mass is 10.3. The van der Waals surface area contributed by atoms with E-state index in [0.717, 1.165) is 0 Å². The first kappa shape index (κ1) is 12.8. The van der Waals surface area contributed by atoms with E-state index in [2.05, 4.69) is 20.6 Å². The Labute approximate surface area is 110 Å². The van der Waals surface area contributed by atoms with Crippen LogP contribution < -0.4 is 10.6 Å². The molecule has 0 fully saturated rings. The fourth-order valence-corrected chi connectivity index (χ4v) is 1.48. The molecule has 0 aliphatic carbocycles. The molecule has 1 aromatic carbocycles. The zero-order valence-electron chi connectivity index (χ0n) is 10.1. The first-order chi connectivity index (χ1) is 9.28. The zero-order valence-corrected chi connectivity index (χ0v) is 10.1. The minimum Gasteiger partial charge on any atom is -0.369 e. The normalized spacial score (nSPS) is 9.68. The maximum Gasteiger partial charge on any atom is 0.135 e. The van der Waals surface area contributed by atoms with E-state index < -0.39 is 0 Å². The molecule has 1 aromatic heterocycles. The smallest absolute Gasteiger partial charge is 0.135 e. The average Bonchev–Trinajstić information content (AvgIpc) is 2.39. The summed E-state index contributed by atoms with van der Waals surface area (Å²) in [4.78, 5) is 8.07. The van der Waals surface area contributed by atoms with Crippen molar-refractivity contribution in [3.63, 3.8) is 0 Å². The molecule has 0 aliphatic heterocycles. The highest BCUT2D eigenvalue weighted by atomic mass is 19.1. The number of benzene rings is 1. The van der Waals surface area contributed by atoms with E-state index in [0.29, 0.717) is 30.3 Å². The maximum absolute atomic E-state index is 13.0. The fourth-order valence-electron chi connectivity index (χ4n) is 1.48. The van der Waals surface area contributed by atoms with Crippen molar-refractivity contribution >= 4 is 17.3 Å². The number of nitrogens with one attached hydrogen (secondary N) is 2. The van der Waals surface area contributed by atoms with Gasteiger partial charge in [0.2, 0.25) is 0 Å². The van der Waals surface area contributed by atoms with Gasteiger partial charge in [-0.3, -0.25) is 0 Å². The van der Waals surface area contributed by atoms with E-state index in [1.165, 1.54) is 18.5 Å². The lowest BCUT2D eigenvalue weighted by molar-refractivity contribution is 0.628. The molecule has 2 rings (SSSR count). The van der Waals surface area contributed by atoms with Crippen molar-refractivity contribution in [3.05, 3.63) is 42.5 Å². The molecule has 0 radical (unpaired) electrons. The van der Waals surface area contributed by atoms with Gasteiger partial charge in [0.05, 0.1) is 12.5 Å². The summed E-state index contributed by atoms with van der Waals surface area (Å²) in [5, 5.41) is 14.4. The number of hydrogen-bond acceptors (Lipinski definition) is 5. The summed E-state index contributed by atoms with van der Waals surface area (Å²) in [7, 11) is 0. The molecule has 0 saturated heterocycles. The Morgan fingerprint density at radius 3 is 2.84 bits per heavy atom. The van der Waals surface area contributed by atoms with Crippen LogP contribution in [-0.2, 0) is 0 Å². The standard InChI is InChI=1S/C13H12FN5/c14-10-3-1-4-11(7-10)19-13-8-12(17-9-18-13)16-6-2-5-15/h1,3-4,7-9H,2,6H2,(H2,16,17,18,19). The number of hydrogen-bond donors (Lipinski definition) is 2. The van der Waals surface area contributed by atoms with Crippen LogP contribution in [0.25, 0.3) is 0 Å². The molecule has 0 aliphatic rings.